The van der Waals surface area contributed by atoms with Gasteiger partial charge in [-0.2, -0.15) is 5.26 Å². The number of hydrogen-bond donors (Lipinski definition) is 1. The zero-order valence-electron chi connectivity index (χ0n) is 17.3. The van der Waals surface area contributed by atoms with Crippen LogP contribution in [0, 0.1) is 11.3 Å². The lowest BCUT2D eigenvalue weighted by Crippen LogP contribution is -2.46. The standard InChI is InChI=1S/C24H26ClN3OS/c1-15-13-21-22(12-5-17(14-26)23(21)25)28(15)19-8-6-18(7-9-19)27-24(29)16-3-10-20(30-2)11-4-16/h3-5,10-12,15,18-19H,6-9,13H2,1-2H3,(H,27,29)/t15-,18-,19-/m0/s1. The third kappa shape index (κ3) is 4.04. The monoisotopic (exact) mass is 439 g/mol. The molecule has 4 rings (SSSR count). The van der Waals surface area contributed by atoms with E-state index in [1.165, 1.54) is 5.69 Å². The summed E-state index contributed by atoms with van der Waals surface area (Å²) in [6.45, 7) is 2.23. The third-order valence-corrected chi connectivity index (χ3v) is 7.54. The lowest BCUT2D eigenvalue weighted by molar-refractivity contribution is 0.0925. The molecule has 1 N–H and O–H groups in total. The van der Waals surface area contributed by atoms with E-state index in [0.29, 0.717) is 22.7 Å². The van der Waals surface area contributed by atoms with Crippen molar-refractivity contribution in [3.63, 3.8) is 0 Å². The Hall–Kier alpha value is -2.16. The first kappa shape index (κ1) is 21.1. The Labute approximate surface area is 187 Å². The minimum absolute atomic E-state index is 0.0156. The first-order valence-electron chi connectivity index (χ1n) is 10.5. The molecule has 0 radical (unpaired) electrons. The Balaban J connectivity index is 1.39. The number of benzene rings is 2. The second-order valence-corrected chi connectivity index (χ2v) is 9.46. The Morgan fingerprint density at radius 1 is 1.17 bits per heavy atom. The molecule has 1 saturated carbocycles. The number of anilines is 1. The van der Waals surface area contributed by atoms with Gasteiger partial charge in [0, 0.05) is 34.3 Å². The van der Waals surface area contributed by atoms with Gasteiger partial charge in [0.25, 0.3) is 5.91 Å². The van der Waals surface area contributed by atoms with E-state index in [-0.39, 0.29) is 11.9 Å². The average Bonchev–Trinajstić information content (AvgIpc) is 3.11. The molecule has 0 unspecified atom stereocenters. The van der Waals surface area contributed by atoms with Crippen molar-refractivity contribution >= 4 is 35.0 Å². The van der Waals surface area contributed by atoms with Crippen LogP contribution in [0.3, 0.4) is 0 Å². The van der Waals surface area contributed by atoms with E-state index < -0.39 is 0 Å². The highest BCUT2D eigenvalue weighted by Gasteiger charge is 2.35. The molecular weight excluding hydrogens is 414 g/mol. The summed E-state index contributed by atoms with van der Waals surface area (Å²) < 4.78 is 0. The Morgan fingerprint density at radius 3 is 2.50 bits per heavy atom. The van der Waals surface area contributed by atoms with Crippen molar-refractivity contribution in [2.75, 3.05) is 11.2 Å². The number of rotatable bonds is 4. The van der Waals surface area contributed by atoms with E-state index in [2.05, 4.69) is 29.3 Å². The molecule has 0 saturated heterocycles. The summed E-state index contributed by atoms with van der Waals surface area (Å²) in [5, 5.41) is 13.1. The van der Waals surface area contributed by atoms with Crippen molar-refractivity contribution in [2.45, 2.75) is 62.0 Å². The number of fused-ring (bicyclic) bond motifs is 1. The highest BCUT2D eigenvalue weighted by atomic mass is 35.5. The van der Waals surface area contributed by atoms with Crippen LogP contribution in [-0.4, -0.2) is 30.3 Å². The molecule has 1 amide bonds. The SMILES string of the molecule is CSc1ccc(C(=O)N[C@H]2CC[C@H](N3c4ccc(C#N)c(Cl)c4C[C@@H]3C)CC2)cc1. The summed E-state index contributed by atoms with van der Waals surface area (Å²) in [5.74, 6) is 0.0156. The van der Waals surface area contributed by atoms with E-state index in [1.54, 1.807) is 11.8 Å². The quantitative estimate of drug-likeness (QED) is 0.645. The predicted octanol–water partition coefficient (Wildman–Crippen LogP) is 5.43. The number of amides is 1. The summed E-state index contributed by atoms with van der Waals surface area (Å²) in [6, 6.07) is 14.9. The normalized spacial score (nSPS) is 23.0. The van der Waals surface area contributed by atoms with Gasteiger partial charge in [0.2, 0.25) is 0 Å². The van der Waals surface area contributed by atoms with Crippen molar-refractivity contribution < 1.29 is 4.79 Å². The van der Waals surface area contributed by atoms with Crippen molar-refractivity contribution in [3.05, 3.63) is 58.1 Å². The summed E-state index contributed by atoms with van der Waals surface area (Å²) in [4.78, 5) is 16.2. The summed E-state index contributed by atoms with van der Waals surface area (Å²) in [6.07, 6.45) is 6.94. The summed E-state index contributed by atoms with van der Waals surface area (Å²) in [5.41, 5.74) is 3.56. The van der Waals surface area contributed by atoms with E-state index in [0.717, 1.165) is 48.1 Å². The van der Waals surface area contributed by atoms with Crippen LogP contribution in [0.15, 0.2) is 41.3 Å². The molecule has 1 heterocycles. The molecule has 2 aliphatic rings. The smallest absolute Gasteiger partial charge is 0.251 e. The van der Waals surface area contributed by atoms with Gasteiger partial charge in [-0.25, -0.2) is 0 Å². The first-order chi connectivity index (χ1) is 14.5. The Bertz CT molecular complexity index is 977. The van der Waals surface area contributed by atoms with Crippen LogP contribution in [-0.2, 0) is 6.42 Å². The van der Waals surface area contributed by atoms with Crippen LogP contribution in [0.1, 0.15) is 54.1 Å². The predicted molar refractivity (Wildman–Crippen MR) is 124 cm³/mol. The minimum atomic E-state index is 0.0156. The topological polar surface area (TPSA) is 56.1 Å². The maximum Gasteiger partial charge on any atom is 0.251 e. The molecule has 0 bridgehead atoms. The van der Waals surface area contributed by atoms with E-state index in [4.69, 9.17) is 11.6 Å². The van der Waals surface area contributed by atoms with Gasteiger partial charge in [0.15, 0.2) is 0 Å². The first-order valence-corrected chi connectivity index (χ1v) is 12.1. The number of thioether (sulfide) groups is 1. The van der Waals surface area contributed by atoms with Gasteiger partial charge in [0.05, 0.1) is 10.6 Å². The molecule has 1 aliphatic carbocycles. The Kier molecular flexibility index (Phi) is 6.26. The van der Waals surface area contributed by atoms with Gasteiger partial charge < -0.3 is 10.2 Å². The van der Waals surface area contributed by atoms with Crippen molar-refractivity contribution in [2.24, 2.45) is 0 Å². The molecule has 0 spiro atoms. The number of nitrogens with one attached hydrogen (secondary N) is 1. The second-order valence-electron chi connectivity index (χ2n) is 8.20. The number of halogens is 1. The van der Waals surface area contributed by atoms with Crippen LogP contribution in [0.2, 0.25) is 5.02 Å². The van der Waals surface area contributed by atoms with E-state index >= 15 is 0 Å². The van der Waals surface area contributed by atoms with Gasteiger partial charge in [-0.15, -0.1) is 11.8 Å². The van der Waals surface area contributed by atoms with Gasteiger partial charge in [0.1, 0.15) is 6.07 Å². The van der Waals surface area contributed by atoms with Gasteiger partial charge >= 0.3 is 0 Å². The van der Waals surface area contributed by atoms with Crippen LogP contribution >= 0.6 is 23.4 Å². The number of carbonyl (C=O) groups is 1. The lowest BCUT2D eigenvalue weighted by Gasteiger charge is -2.39. The fraction of sp³-hybridized carbons (Fsp3) is 0.417. The zero-order chi connectivity index (χ0) is 21.3. The van der Waals surface area contributed by atoms with Gasteiger partial charge in [-0.3, -0.25) is 4.79 Å². The maximum atomic E-state index is 12.6. The molecule has 1 aliphatic heterocycles. The van der Waals surface area contributed by atoms with Crippen LogP contribution in [0.4, 0.5) is 5.69 Å². The van der Waals surface area contributed by atoms with E-state index in [1.807, 2.05) is 36.6 Å². The molecule has 2 aromatic rings. The largest absolute Gasteiger partial charge is 0.365 e. The fourth-order valence-corrected chi connectivity index (χ4v) is 5.52. The van der Waals surface area contributed by atoms with Gasteiger partial charge in [-0.05, 0) is 87.2 Å². The van der Waals surface area contributed by atoms with Gasteiger partial charge in [-0.1, -0.05) is 11.6 Å². The summed E-state index contributed by atoms with van der Waals surface area (Å²) in [7, 11) is 0. The fourth-order valence-electron chi connectivity index (χ4n) is 4.83. The number of nitrogens with zero attached hydrogens (tertiary/aromatic N) is 2. The van der Waals surface area contributed by atoms with Crippen LogP contribution in [0.25, 0.3) is 0 Å². The molecule has 6 heteroatoms. The minimum Gasteiger partial charge on any atom is -0.365 e. The average molecular weight is 440 g/mol. The van der Waals surface area contributed by atoms with Crippen LogP contribution in [0.5, 0.6) is 0 Å². The number of carbonyl (C=O) groups excluding carboxylic acids is 1. The third-order valence-electron chi connectivity index (χ3n) is 6.37. The van der Waals surface area contributed by atoms with E-state index in [9.17, 15) is 10.1 Å². The van der Waals surface area contributed by atoms with Crippen molar-refractivity contribution in [3.8, 4) is 6.07 Å². The number of hydrogen-bond acceptors (Lipinski definition) is 4. The number of nitriles is 1. The second kappa shape index (κ2) is 8.91. The molecule has 2 aromatic carbocycles. The molecule has 30 heavy (non-hydrogen) atoms. The summed E-state index contributed by atoms with van der Waals surface area (Å²) >= 11 is 8.16. The van der Waals surface area contributed by atoms with Crippen molar-refractivity contribution in [1.82, 2.24) is 5.32 Å². The lowest BCUT2D eigenvalue weighted by atomic mass is 9.89. The highest BCUT2D eigenvalue weighted by Crippen LogP contribution is 2.42. The molecule has 1 fully saturated rings. The maximum absolute atomic E-state index is 12.6. The van der Waals surface area contributed by atoms with Crippen LogP contribution < -0.4 is 10.2 Å². The highest BCUT2D eigenvalue weighted by molar-refractivity contribution is 7.98. The molecular formula is C24H26ClN3OS. The molecule has 156 valence electrons. The molecule has 0 aromatic heterocycles. The van der Waals surface area contributed by atoms with Crippen molar-refractivity contribution in [1.29, 1.82) is 5.26 Å². The molecule has 1 atom stereocenters. The Morgan fingerprint density at radius 2 is 1.87 bits per heavy atom. The zero-order valence-corrected chi connectivity index (χ0v) is 18.9. The molecule has 4 nitrogen and oxygen atoms in total.